The third-order valence-electron chi connectivity index (χ3n) is 5.74. The number of azo groups is 1. The Morgan fingerprint density at radius 3 is 1.67 bits per heavy atom. The molecule has 0 aliphatic heterocycles. The van der Waals surface area contributed by atoms with Crippen LogP contribution in [-0.2, 0) is 4.79 Å². The molecule has 4 rings (SSSR count). The summed E-state index contributed by atoms with van der Waals surface area (Å²) in [6, 6.07) is 37.1. The first-order chi connectivity index (χ1) is 17.6. The molecule has 180 valence electrons. The molecule has 0 atom stereocenters. The maximum Gasteiger partial charge on any atom is 0.186 e. The van der Waals surface area contributed by atoms with Gasteiger partial charge in [-0.3, -0.25) is 4.79 Å². The summed E-state index contributed by atoms with van der Waals surface area (Å²) in [7, 11) is 0. The zero-order valence-electron chi connectivity index (χ0n) is 19.8. The van der Waals surface area contributed by atoms with Gasteiger partial charge in [-0.2, -0.15) is 0 Å². The van der Waals surface area contributed by atoms with Gasteiger partial charge in [0, 0.05) is 6.42 Å². The van der Waals surface area contributed by atoms with Gasteiger partial charge in [-0.05, 0) is 40.7 Å². The van der Waals surface area contributed by atoms with E-state index in [1.165, 1.54) is 0 Å². The Kier molecular flexibility index (Phi) is 8.32. The fraction of sp³-hybridized carbons (Fsp3) is 0.0667. The van der Waals surface area contributed by atoms with Crippen LogP contribution in [-0.4, -0.2) is 16.7 Å². The van der Waals surface area contributed by atoms with Gasteiger partial charge in [-0.15, -0.1) is 10.2 Å². The molecule has 0 aromatic heterocycles. The van der Waals surface area contributed by atoms with Crippen LogP contribution < -0.4 is 15.9 Å². The van der Waals surface area contributed by atoms with E-state index in [0.717, 1.165) is 15.9 Å². The molecule has 0 spiro atoms. The Balaban J connectivity index is 2.05. The summed E-state index contributed by atoms with van der Waals surface area (Å²) in [5.74, 6) is 1.29. The third kappa shape index (κ3) is 5.41. The van der Waals surface area contributed by atoms with Crippen molar-refractivity contribution >= 4 is 51.7 Å². The molecule has 36 heavy (non-hydrogen) atoms. The molecule has 4 nitrogen and oxygen atoms in total. The highest BCUT2D eigenvalue weighted by Gasteiger charge is 2.27. The van der Waals surface area contributed by atoms with Crippen LogP contribution in [0.1, 0.15) is 13.3 Å². The summed E-state index contributed by atoms with van der Waals surface area (Å²) in [5.41, 5.74) is 0.327. The second-order valence-electron chi connectivity index (χ2n) is 8.02. The standard InChI is InChI=1S/C30H26ClN2O2P/c1-2-28(34)30(33-32-27-21-13-12-20-26(27)31)29(35)22-36(23-14-6-3-7-15-23,24-16-8-4-9-17-24)25-18-10-5-11-19-25/h3-22,35H,2H2,1H3/b30-29-,33-32?. The number of ketones is 1. The quantitative estimate of drug-likeness (QED) is 0.120. The van der Waals surface area contributed by atoms with Crippen LogP contribution in [0.5, 0.6) is 0 Å². The topological polar surface area (TPSA) is 62.0 Å². The molecular weight excluding hydrogens is 487 g/mol. The number of benzene rings is 4. The first-order valence-corrected chi connectivity index (χ1v) is 13.8. The van der Waals surface area contributed by atoms with Crippen molar-refractivity contribution in [1.29, 1.82) is 0 Å². The molecule has 0 aliphatic carbocycles. The van der Waals surface area contributed by atoms with Gasteiger partial charge in [0.05, 0.1) is 5.02 Å². The molecule has 6 heteroatoms. The van der Waals surface area contributed by atoms with Crippen LogP contribution in [0.15, 0.2) is 137 Å². The zero-order chi connectivity index (χ0) is 25.4. The number of hydrogen-bond donors (Lipinski definition) is 1. The van der Waals surface area contributed by atoms with Crippen molar-refractivity contribution in [2.24, 2.45) is 10.2 Å². The predicted octanol–water partition coefficient (Wildman–Crippen LogP) is 6.97. The molecule has 4 aromatic carbocycles. The van der Waals surface area contributed by atoms with E-state index in [4.69, 9.17) is 11.6 Å². The lowest BCUT2D eigenvalue weighted by Gasteiger charge is -2.28. The van der Waals surface area contributed by atoms with E-state index in [1.807, 2.05) is 60.4 Å². The Bertz CT molecular complexity index is 1350. The maximum absolute atomic E-state index is 12.9. The first-order valence-electron chi connectivity index (χ1n) is 11.6. The van der Waals surface area contributed by atoms with Crippen LogP contribution in [0, 0.1) is 0 Å². The van der Waals surface area contributed by atoms with Crippen molar-refractivity contribution < 1.29 is 9.90 Å². The van der Waals surface area contributed by atoms with Crippen LogP contribution in [0.2, 0.25) is 5.02 Å². The van der Waals surface area contributed by atoms with Gasteiger partial charge in [0.15, 0.2) is 11.5 Å². The largest absolute Gasteiger partial charge is 0.505 e. The Morgan fingerprint density at radius 2 is 1.22 bits per heavy atom. The molecule has 4 aromatic rings. The Morgan fingerprint density at radius 1 is 0.778 bits per heavy atom. The molecule has 0 saturated carbocycles. The second-order valence-corrected chi connectivity index (χ2v) is 11.7. The van der Waals surface area contributed by atoms with Crippen molar-refractivity contribution in [2.45, 2.75) is 13.3 Å². The monoisotopic (exact) mass is 512 g/mol. The Labute approximate surface area is 216 Å². The van der Waals surface area contributed by atoms with Gasteiger partial charge in [0.1, 0.15) is 11.4 Å². The fourth-order valence-corrected chi connectivity index (χ4v) is 7.89. The number of hydrogen-bond acceptors (Lipinski definition) is 4. The van der Waals surface area contributed by atoms with Crippen LogP contribution in [0.3, 0.4) is 0 Å². The lowest BCUT2D eigenvalue weighted by atomic mass is 10.2. The second kappa shape index (κ2) is 11.8. The van der Waals surface area contributed by atoms with E-state index in [-0.39, 0.29) is 23.7 Å². The Hall–Kier alpha value is -3.72. The van der Waals surface area contributed by atoms with Gasteiger partial charge in [-0.25, -0.2) is 0 Å². The van der Waals surface area contributed by atoms with E-state index in [0.29, 0.717) is 10.7 Å². The van der Waals surface area contributed by atoms with Crippen LogP contribution in [0.25, 0.3) is 0 Å². The normalized spacial score (nSPS) is 12.3. The lowest BCUT2D eigenvalue weighted by Crippen LogP contribution is -2.27. The van der Waals surface area contributed by atoms with Crippen molar-refractivity contribution in [2.75, 3.05) is 0 Å². The van der Waals surface area contributed by atoms with Gasteiger partial charge in [0.25, 0.3) is 0 Å². The summed E-state index contributed by atoms with van der Waals surface area (Å²) >= 11 is 6.23. The van der Waals surface area contributed by atoms with Crippen molar-refractivity contribution in [1.82, 2.24) is 0 Å². The molecule has 0 amide bonds. The molecule has 0 saturated heterocycles. The minimum atomic E-state index is -2.53. The molecule has 0 radical (unpaired) electrons. The van der Waals surface area contributed by atoms with E-state index in [9.17, 15) is 9.90 Å². The van der Waals surface area contributed by atoms with Crippen LogP contribution in [0.4, 0.5) is 5.69 Å². The van der Waals surface area contributed by atoms with E-state index >= 15 is 0 Å². The third-order valence-corrected chi connectivity index (χ3v) is 10.0. The number of Topliss-reactive ketones (excluding diaryl/α,β-unsaturated/α-hetero) is 1. The molecule has 0 fully saturated rings. The molecule has 0 bridgehead atoms. The summed E-state index contributed by atoms with van der Waals surface area (Å²) in [4.78, 5) is 12.9. The summed E-state index contributed by atoms with van der Waals surface area (Å²) in [6.45, 7) is -0.801. The number of aliphatic hydroxyl groups is 1. The molecular formula is C30H26ClN2O2P. The van der Waals surface area contributed by atoms with Crippen molar-refractivity contribution in [3.05, 3.63) is 132 Å². The lowest BCUT2D eigenvalue weighted by molar-refractivity contribution is -0.115. The van der Waals surface area contributed by atoms with Gasteiger partial charge in [0.2, 0.25) is 0 Å². The molecule has 0 heterocycles. The number of halogens is 1. The fourth-order valence-electron chi connectivity index (χ4n) is 3.96. The number of rotatable bonds is 8. The highest BCUT2D eigenvalue weighted by Crippen LogP contribution is 2.44. The summed E-state index contributed by atoms with van der Waals surface area (Å²) in [5, 5.41) is 23.4. The smallest absolute Gasteiger partial charge is 0.186 e. The van der Waals surface area contributed by atoms with Crippen LogP contribution >= 0.6 is 18.5 Å². The molecule has 1 N–H and O–H groups in total. The minimum absolute atomic E-state index is 0.0930. The predicted molar refractivity (Wildman–Crippen MR) is 152 cm³/mol. The van der Waals surface area contributed by atoms with Gasteiger partial charge < -0.3 is 5.11 Å². The number of aliphatic hydroxyl groups excluding tert-OH is 1. The summed E-state index contributed by atoms with van der Waals surface area (Å²) < 4.78 is 0. The van der Waals surface area contributed by atoms with E-state index in [1.54, 1.807) is 31.2 Å². The molecule has 0 unspecified atom stereocenters. The SMILES string of the molecule is CCC(=O)/C(N=Nc1ccccc1Cl)=C(/O)C=P(c1ccccc1)(c1ccccc1)c1ccccc1. The maximum atomic E-state index is 12.9. The van der Waals surface area contributed by atoms with E-state index in [2.05, 4.69) is 46.6 Å². The number of allylic oxidation sites excluding steroid dienone is 2. The minimum Gasteiger partial charge on any atom is -0.505 e. The van der Waals surface area contributed by atoms with Gasteiger partial charge in [-0.1, -0.05) is 122 Å². The van der Waals surface area contributed by atoms with Crippen molar-refractivity contribution in [3.8, 4) is 0 Å². The number of carbonyl (C=O) groups is 1. The first kappa shape index (κ1) is 25.4. The number of carbonyl (C=O) groups excluding carboxylic acids is 1. The average molecular weight is 513 g/mol. The van der Waals surface area contributed by atoms with Gasteiger partial charge >= 0.3 is 0 Å². The van der Waals surface area contributed by atoms with E-state index < -0.39 is 6.89 Å². The molecule has 0 aliphatic rings. The highest BCUT2D eigenvalue weighted by atomic mass is 35.5. The zero-order valence-corrected chi connectivity index (χ0v) is 21.5. The number of nitrogens with zero attached hydrogens (tertiary/aromatic N) is 2. The average Bonchev–Trinajstić information content (AvgIpc) is 2.94. The summed E-state index contributed by atoms with van der Waals surface area (Å²) in [6.07, 6.45) is 0.169. The highest BCUT2D eigenvalue weighted by molar-refractivity contribution is 7.94. The van der Waals surface area contributed by atoms with Crippen molar-refractivity contribution in [3.63, 3.8) is 0 Å².